The van der Waals surface area contributed by atoms with Gasteiger partial charge in [-0.1, -0.05) is 44.1 Å². The van der Waals surface area contributed by atoms with E-state index in [1.807, 2.05) is 18.2 Å². The Kier molecular flexibility index (Phi) is 4.85. The fourth-order valence-corrected chi connectivity index (χ4v) is 1.58. The van der Waals surface area contributed by atoms with Gasteiger partial charge in [-0.2, -0.15) is 0 Å². The first-order valence-electron chi connectivity index (χ1n) is 5.85. The van der Waals surface area contributed by atoms with E-state index in [9.17, 15) is 0 Å². The highest BCUT2D eigenvalue weighted by Gasteiger charge is 2.21. The lowest BCUT2D eigenvalue weighted by molar-refractivity contribution is 0.316. The fourth-order valence-electron chi connectivity index (χ4n) is 1.58. The summed E-state index contributed by atoms with van der Waals surface area (Å²) >= 11 is 0. The number of hydrogen-bond donors (Lipinski definition) is 0. The van der Waals surface area contributed by atoms with E-state index < -0.39 is 0 Å². The molecule has 4 nitrogen and oxygen atoms in total. The van der Waals surface area contributed by atoms with Crippen LogP contribution in [0.3, 0.4) is 0 Å². The Labute approximate surface area is 102 Å². The number of hydrogen-bond acceptors (Lipinski definition) is 2. The van der Waals surface area contributed by atoms with Gasteiger partial charge in [0.15, 0.2) is 0 Å². The zero-order chi connectivity index (χ0) is 12.7. The van der Waals surface area contributed by atoms with Gasteiger partial charge in [0.05, 0.1) is 13.2 Å². The molecule has 92 valence electrons. The molecule has 4 heteroatoms. The van der Waals surface area contributed by atoms with E-state index in [1.54, 1.807) is 0 Å². The van der Waals surface area contributed by atoms with Crippen LogP contribution in [0.1, 0.15) is 32.8 Å². The number of nitrogens with zero attached hydrogens (tertiary/aromatic N) is 3. The topological polar surface area (TPSA) is 58.0 Å². The van der Waals surface area contributed by atoms with Gasteiger partial charge in [0.1, 0.15) is 5.75 Å². The molecule has 0 aliphatic carbocycles. The molecule has 1 rings (SSSR count). The molecule has 0 radical (unpaired) electrons. The highest BCUT2D eigenvalue weighted by atomic mass is 16.5. The van der Waals surface area contributed by atoms with Crippen LogP contribution in [0.4, 0.5) is 0 Å². The molecule has 1 aromatic rings. The van der Waals surface area contributed by atoms with Crippen LogP contribution >= 0.6 is 0 Å². The summed E-state index contributed by atoms with van der Waals surface area (Å²) < 4.78 is 5.66. The molecule has 0 N–H and O–H groups in total. The Morgan fingerprint density at radius 1 is 1.35 bits per heavy atom. The molecule has 0 aromatic heterocycles. The van der Waals surface area contributed by atoms with E-state index in [0.717, 1.165) is 12.2 Å². The lowest BCUT2D eigenvalue weighted by Gasteiger charge is -2.25. The quantitative estimate of drug-likeness (QED) is 0.316. The molecule has 0 fully saturated rings. The third-order valence-electron chi connectivity index (χ3n) is 3.01. The van der Waals surface area contributed by atoms with Crippen LogP contribution in [0.5, 0.6) is 5.75 Å². The third-order valence-corrected chi connectivity index (χ3v) is 3.01. The van der Waals surface area contributed by atoms with Crippen molar-refractivity contribution >= 4 is 0 Å². The SMILES string of the molecule is CCC(C)(C)c1ccccc1OCCN=[N+]=[N-]. The van der Waals surface area contributed by atoms with Gasteiger partial charge in [0.25, 0.3) is 0 Å². The number of azide groups is 1. The molecule has 17 heavy (non-hydrogen) atoms. The molecule has 1 aromatic carbocycles. The summed E-state index contributed by atoms with van der Waals surface area (Å²) in [6.07, 6.45) is 1.05. The Bertz CT molecular complexity index is 409. The Balaban J connectivity index is 2.81. The second kappa shape index (κ2) is 6.16. The Morgan fingerprint density at radius 2 is 2.06 bits per heavy atom. The van der Waals surface area contributed by atoms with Crippen LogP contribution in [-0.4, -0.2) is 13.2 Å². The number of rotatable bonds is 6. The van der Waals surface area contributed by atoms with Crippen LogP contribution < -0.4 is 4.74 Å². The van der Waals surface area contributed by atoms with E-state index in [2.05, 4.69) is 36.9 Å². The third kappa shape index (κ3) is 3.68. The first kappa shape index (κ1) is 13.4. The predicted octanol–water partition coefficient (Wildman–Crippen LogP) is 4.06. The summed E-state index contributed by atoms with van der Waals surface area (Å²) in [6, 6.07) is 8.03. The van der Waals surface area contributed by atoms with E-state index in [1.165, 1.54) is 5.56 Å². The van der Waals surface area contributed by atoms with Crippen molar-refractivity contribution < 1.29 is 4.74 Å². The molecule has 0 bridgehead atoms. The molecule has 0 spiro atoms. The summed E-state index contributed by atoms with van der Waals surface area (Å²) in [5.74, 6) is 0.882. The summed E-state index contributed by atoms with van der Waals surface area (Å²) in [7, 11) is 0. The average Bonchev–Trinajstić information content (AvgIpc) is 2.35. The fraction of sp³-hybridized carbons (Fsp3) is 0.538. The van der Waals surface area contributed by atoms with Crippen molar-refractivity contribution in [3.05, 3.63) is 40.3 Å². The minimum absolute atomic E-state index is 0.0924. The van der Waals surface area contributed by atoms with Gasteiger partial charge in [-0.05, 0) is 29.0 Å². The highest BCUT2D eigenvalue weighted by molar-refractivity contribution is 5.38. The van der Waals surface area contributed by atoms with Crippen molar-refractivity contribution in [3.8, 4) is 5.75 Å². The minimum Gasteiger partial charge on any atom is -0.493 e. The Morgan fingerprint density at radius 3 is 2.71 bits per heavy atom. The van der Waals surface area contributed by atoms with Gasteiger partial charge in [-0.15, -0.1) is 0 Å². The lowest BCUT2D eigenvalue weighted by atomic mass is 9.82. The standard InChI is InChI=1S/C13H19N3O/c1-4-13(2,3)11-7-5-6-8-12(11)17-10-9-15-16-14/h5-8H,4,9-10H2,1-3H3. The number of ether oxygens (including phenoxy) is 1. The molecular weight excluding hydrogens is 214 g/mol. The first-order chi connectivity index (χ1) is 8.11. The smallest absolute Gasteiger partial charge is 0.123 e. The maximum Gasteiger partial charge on any atom is 0.123 e. The van der Waals surface area contributed by atoms with Gasteiger partial charge in [-0.3, -0.25) is 0 Å². The minimum atomic E-state index is 0.0924. The van der Waals surface area contributed by atoms with Crippen LogP contribution in [0, 0.1) is 0 Å². The molecular formula is C13H19N3O. The van der Waals surface area contributed by atoms with Crippen LogP contribution in [0.15, 0.2) is 29.4 Å². The maximum absolute atomic E-state index is 8.19. The van der Waals surface area contributed by atoms with Crippen molar-refractivity contribution in [1.29, 1.82) is 0 Å². The van der Waals surface area contributed by atoms with Crippen LogP contribution in [0.25, 0.3) is 10.4 Å². The Hall–Kier alpha value is -1.67. The molecule has 0 saturated heterocycles. The molecule has 0 atom stereocenters. The first-order valence-corrected chi connectivity index (χ1v) is 5.85. The van der Waals surface area contributed by atoms with Crippen molar-refractivity contribution in [1.82, 2.24) is 0 Å². The van der Waals surface area contributed by atoms with Crippen molar-refractivity contribution in [2.75, 3.05) is 13.2 Å². The van der Waals surface area contributed by atoms with Crippen molar-refractivity contribution in [2.24, 2.45) is 5.11 Å². The number of benzene rings is 1. The van der Waals surface area contributed by atoms with E-state index in [4.69, 9.17) is 10.3 Å². The second-order valence-corrected chi connectivity index (χ2v) is 4.54. The summed E-state index contributed by atoms with van der Waals surface area (Å²) in [4.78, 5) is 2.70. The normalized spacial score (nSPS) is 10.8. The molecule has 0 aliphatic rings. The zero-order valence-corrected chi connectivity index (χ0v) is 10.7. The molecule has 0 heterocycles. The molecule has 0 saturated carbocycles. The monoisotopic (exact) mass is 233 g/mol. The lowest BCUT2D eigenvalue weighted by Crippen LogP contribution is -2.17. The molecule has 0 unspecified atom stereocenters. The summed E-state index contributed by atoms with van der Waals surface area (Å²) in [5.41, 5.74) is 9.48. The van der Waals surface area contributed by atoms with E-state index in [0.29, 0.717) is 13.2 Å². The maximum atomic E-state index is 8.19. The zero-order valence-electron chi connectivity index (χ0n) is 10.7. The van der Waals surface area contributed by atoms with Gasteiger partial charge >= 0.3 is 0 Å². The predicted molar refractivity (Wildman–Crippen MR) is 69.3 cm³/mol. The van der Waals surface area contributed by atoms with Gasteiger partial charge in [0, 0.05) is 4.91 Å². The van der Waals surface area contributed by atoms with E-state index >= 15 is 0 Å². The van der Waals surface area contributed by atoms with Gasteiger partial charge in [0.2, 0.25) is 0 Å². The van der Waals surface area contributed by atoms with E-state index in [-0.39, 0.29) is 5.41 Å². The number of para-hydroxylation sites is 1. The van der Waals surface area contributed by atoms with Crippen LogP contribution in [-0.2, 0) is 5.41 Å². The van der Waals surface area contributed by atoms with Crippen molar-refractivity contribution in [3.63, 3.8) is 0 Å². The van der Waals surface area contributed by atoms with Gasteiger partial charge < -0.3 is 4.74 Å². The molecule has 0 aliphatic heterocycles. The van der Waals surface area contributed by atoms with Gasteiger partial charge in [-0.25, -0.2) is 0 Å². The van der Waals surface area contributed by atoms with Crippen molar-refractivity contribution in [2.45, 2.75) is 32.6 Å². The average molecular weight is 233 g/mol. The highest BCUT2D eigenvalue weighted by Crippen LogP contribution is 2.33. The summed E-state index contributed by atoms with van der Waals surface area (Å²) in [5, 5.41) is 3.45. The largest absolute Gasteiger partial charge is 0.493 e. The second-order valence-electron chi connectivity index (χ2n) is 4.54. The van der Waals surface area contributed by atoms with Crippen LogP contribution in [0.2, 0.25) is 0 Å². The summed E-state index contributed by atoms with van der Waals surface area (Å²) in [6.45, 7) is 7.33. The molecule has 0 amide bonds.